The van der Waals surface area contributed by atoms with Crippen LogP contribution in [0, 0.1) is 0 Å². The predicted molar refractivity (Wildman–Crippen MR) is 76.8 cm³/mol. The summed E-state index contributed by atoms with van der Waals surface area (Å²) in [5, 5.41) is 16.4. The molecule has 1 aromatic rings. The van der Waals surface area contributed by atoms with Crippen LogP contribution in [0.1, 0.15) is 41.6 Å². The zero-order valence-electron chi connectivity index (χ0n) is 11.6. The van der Waals surface area contributed by atoms with Gasteiger partial charge in [-0.2, -0.15) is 0 Å². The molecule has 1 aliphatic carbocycles. The van der Waals surface area contributed by atoms with Gasteiger partial charge in [-0.05, 0) is 30.5 Å². The van der Waals surface area contributed by atoms with Crippen molar-refractivity contribution < 1.29 is 14.7 Å². The Morgan fingerprint density at radius 1 is 1.35 bits per heavy atom. The molecule has 1 saturated carbocycles. The maximum atomic E-state index is 12.1. The molecule has 0 heterocycles. The lowest BCUT2D eigenvalue weighted by atomic mass is 9.92. The van der Waals surface area contributed by atoms with E-state index in [0.29, 0.717) is 5.56 Å². The summed E-state index contributed by atoms with van der Waals surface area (Å²) in [6.07, 6.45) is 4.83. The minimum absolute atomic E-state index is 0.133. The average molecular weight is 276 g/mol. The van der Waals surface area contributed by atoms with E-state index < -0.39 is 6.10 Å². The first kappa shape index (κ1) is 14.5. The fourth-order valence-corrected chi connectivity index (χ4v) is 2.37. The molecule has 2 N–H and O–H groups in total. The van der Waals surface area contributed by atoms with Gasteiger partial charge in [-0.25, -0.2) is 0 Å². The Labute approximate surface area is 118 Å². The Morgan fingerprint density at radius 2 is 2.05 bits per heavy atom. The number of carbonyl (C=O) groups is 1. The standard InChI is InChI=1S/C15H20N2O3/c1-20-16-10-11-6-8-12(9-7-11)15(19)17-13-4-2-3-5-14(13)18/h6-10,13-14,18H,2-5H2,1H3,(H,17,19)/b16-10+. The monoisotopic (exact) mass is 276 g/mol. The summed E-state index contributed by atoms with van der Waals surface area (Å²) in [4.78, 5) is 16.7. The van der Waals surface area contributed by atoms with Crippen LogP contribution >= 0.6 is 0 Å². The highest BCUT2D eigenvalue weighted by Crippen LogP contribution is 2.18. The van der Waals surface area contributed by atoms with E-state index in [4.69, 9.17) is 0 Å². The van der Waals surface area contributed by atoms with E-state index in [2.05, 4.69) is 15.3 Å². The lowest BCUT2D eigenvalue weighted by Crippen LogP contribution is -2.45. The number of aliphatic hydroxyl groups excluding tert-OH is 1. The van der Waals surface area contributed by atoms with Gasteiger partial charge in [0.05, 0.1) is 18.4 Å². The molecule has 5 nitrogen and oxygen atoms in total. The van der Waals surface area contributed by atoms with Gasteiger partial charge in [0, 0.05) is 5.56 Å². The smallest absolute Gasteiger partial charge is 0.251 e. The highest BCUT2D eigenvalue weighted by molar-refractivity contribution is 5.95. The molecule has 1 aromatic carbocycles. The number of oxime groups is 1. The largest absolute Gasteiger partial charge is 0.399 e. The molecule has 1 aliphatic rings. The van der Waals surface area contributed by atoms with E-state index in [1.807, 2.05) is 0 Å². The minimum atomic E-state index is -0.430. The molecule has 2 rings (SSSR count). The number of aliphatic hydroxyl groups is 1. The molecule has 5 heteroatoms. The first-order valence-electron chi connectivity index (χ1n) is 6.86. The van der Waals surface area contributed by atoms with Gasteiger partial charge in [-0.3, -0.25) is 4.79 Å². The second-order valence-electron chi connectivity index (χ2n) is 4.97. The zero-order chi connectivity index (χ0) is 14.4. The molecule has 0 aliphatic heterocycles. The van der Waals surface area contributed by atoms with Crippen LogP contribution < -0.4 is 5.32 Å². The molecule has 0 saturated heterocycles. The van der Waals surface area contributed by atoms with Gasteiger partial charge in [-0.1, -0.05) is 30.1 Å². The normalized spacial score (nSPS) is 22.7. The van der Waals surface area contributed by atoms with Crippen molar-refractivity contribution >= 4 is 12.1 Å². The van der Waals surface area contributed by atoms with E-state index in [0.717, 1.165) is 31.2 Å². The van der Waals surface area contributed by atoms with E-state index in [9.17, 15) is 9.90 Å². The number of amides is 1. The topological polar surface area (TPSA) is 70.9 Å². The predicted octanol–water partition coefficient (Wildman–Crippen LogP) is 1.70. The van der Waals surface area contributed by atoms with Gasteiger partial charge in [-0.15, -0.1) is 0 Å². The Morgan fingerprint density at radius 3 is 2.70 bits per heavy atom. The van der Waals surface area contributed by atoms with Crippen LogP contribution in [-0.2, 0) is 4.84 Å². The molecule has 0 aromatic heterocycles. The lowest BCUT2D eigenvalue weighted by molar-refractivity contribution is 0.0717. The van der Waals surface area contributed by atoms with Gasteiger partial charge in [0.1, 0.15) is 7.11 Å². The number of benzene rings is 1. The first-order chi connectivity index (χ1) is 9.70. The van der Waals surface area contributed by atoms with E-state index in [-0.39, 0.29) is 11.9 Å². The third-order valence-corrected chi connectivity index (χ3v) is 3.53. The second-order valence-corrected chi connectivity index (χ2v) is 4.97. The average Bonchev–Trinajstić information content (AvgIpc) is 2.48. The van der Waals surface area contributed by atoms with Crippen molar-refractivity contribution in [2.24, 2.45) is 5.16 Å². The van der Waals surface area contributed by atoms with Crippen molar-refractivity contribution in [3.8, 4) is 0 Å². The Bertz CT molecular complexity index is 471. The zero-order valence-corrected chi connectivity index (χ0v) is 11.6. The number of nitrogens with one attached hydrogen (secondary N) is 1. The van der Waals surface area contributed by atoms with Crippen LogP contribution in [0.15, 0.2) is 29.4 Å². The van der Waals surface area contributed by atoms with Gasteiger partial charge >= 0.3 is 0 Å². The summed E-state index contributed by atoms with van der Waals surface area (Å²) < 4.78 is 0. The van der Waals surface area contributed by atoms with Crippen molar-refractivity contribution in [2.75, 3.05) is 7.11 Å². The maximum absolute atomic E-state index is 12.1. The highest BCUT2D eigenvalue weighted by atomic mass is 16.6. The van der Waals surface area contributed by atoms with Gasteiger partial charge in [0.15, 0.2) is 0 Å². The maximum Gasteiger partial charge on any atom is 0.251 e. The van der Waals surface area contributed by atoms with Crippen molar-refractivity contribution in [3.63, 3.8) is 0 Å². The molecule has 108 valence electrons. The summed E-state index contributed by atoms with van der Waals surface area (Å²) in [5.41, 5.74) is 1.44. The highest BCUT2D eigenvalue weighted by Gasteiger charge is 2.24. The molecular formula is C15H20N2O3. The van der Waals surface area contributed by atoms with E-state index >= 15 is 0 Å². The fourth-order valence-electron chi connectivity index (χ4n) is 2.37. The molecule has 2 unspecified atom stereocenters. The number of hydrogen-bond acceptors (Lipinski definition) is 4. The number of nitrogens with zero attached hydrogens (tertiary/aromatic N) is 1. The van der Waals surface area contributed by atoms with Crippen LogP contribution in [0.25, 0.3) is 0 Å². The van der Waals surface area contributed by atoms with Crippen LogP contribution in [0.2, 0.25) is 0 Å². The number of carbonyl (C=O) groups excluding carboxylic acids is 1. The molecule has 2 atom stereocenters. The molecule has 1 amide bonds. The fraction of sp³-hybridized carbons (Fsp3) is 0.467. The van der Waals surface area contributed by atoms with Crippen molar-refractivity contribution in [3.05, 3.63) is 35.4 Å². The number of rotatable bonds is 4. The molecular weight excluding hydrogens is 256 g/mol. The van der Waals surface area contributed by atoms with Gasteiger partial charge in [0.2, 0.25) is 0 Å². The Balaban J connectivity index is 1.96. The Hall–Kier alpha value is -1.88. The minimum Gasteiger partial charge on any atom is -0.399 e. The van der Waals surface area contributed by atoms with Gasteiger partial charge < -0.3 is 15.3 Å². The SMILES string of the molecule is CO/N=C/c1ccc(C(=O)NC2CCCCC2O)cc1. The summed E-state index contributed by atoms with van der Waals surface area (Å²) in [6.45, 7) is 0. The van der Waals surface area contributed by atoms with Crippen molar-refractivity contribution in [1.82, 2.24) is 5.32 Å². The molecule has 0 radical (unpaired) electrons. The van der Waals surface area contributed by atoms with Crippen molar-refractivity contribution in [2.45, 2.75) is 37.8 Å². The van der Waals surface area contributed by atoms with Crippen LogP contribution in [0.3, 0.4) is 0 Å². The summed E-state index contributed by atoms with van der Waals surface area (Å²) >= 11 is 0. The number of hydrogen-bond donors (Lipinski definition) is 2. The van der Waals surface area contributed by atoms with Crippen LogP contribution in [0.5, 0.6) is 0 Å². The quantitative estimate of drug-likeness (QED) is 0.649. The molecule has 1 fully saturated rings. The summed E-state index contributed by atoms with van der Waals surface area (Å²) in [6, 6.07) is 6.94. The van der Waals surface area contributed by atoms with Crippen LogP contribution in [0.4, 0.5) is 0 Å². The summed E-state index contributed by atoms with van der Waals surface area (Å²) in [5.74, 6) is -0.147. The van der Waals surface area contributed by atoms with Crippen molar-refractivity contribution in [1.29, 1.82) is 0 Å². The third-order valence-electron chi connectivity index (χ3n) is 3.53. The second kappa shape index (κ2) is 7.05. The van der Waals surface area contributed by atoms with Crippen LogP contribution in [-0.4, -0.2) is 36.5 Å². The van der Waals surface area contributed by atoms with E-state index in [1.165, 1.54) is 7.11 Å². The Kier molecular flexibility index (Phi) is 5.12. The summed E-state index contributed by atoms with van der Waals surface area (Å²) in [7, 11) is 1.48. The molecule has 20 heavy (non-hydrogen) atoms. The third kappa shape index (κ3) is 3.81. The lowest BCUT2D eigenvalue weighted by Gasteiger charge is -2.28. The first-order valence-corrected chi connectivity index (χ1v) is 6.86. The van der Waals surface area contributed by atoms with E-state index in [1.54, 1.807) is 30.5 Å². The van der Waals surface area contributed by atoms with Gasteiger partial charge in [0.25, 0.3) is 5.91 Å². The molecule has 0 bridgehead atoms. The molecule has 0 spiro atoms.